The van der Waals surface area contributed by atoms with Crippen LogP contribution in [0.15, 0.2) is 42.5 Å². The van der Waals surface area contributed by atoms with E-state index in [1.165, 1.54) is 0 Å². The topological polar surface area (TPSA) is 41.6 Å². The first kappa shape index (κ1) is 15.7. The quantitative estimate of drug-likeness (QED) is 0.854. The normalized spacial score (nSPS) is 16.5. The second kappa shape index (κ2) is 6.50. The van der Waals surface area contributed by atoms with Gasteiger partial charge in [0.25, 0.3) is 0 Å². The number of nitrogens with one attached hydrogen (secondary N) is 1. The average molecular weight is 331 g/mol. The number of ether oxygens (including phenoxy) is 1. The summed E-state index contributed by atoms with van der Waals surface area (Å²) in [5.74, 6) is 0.739. The van der Waals surface area contributed by atoms with Crippen molar-refractivity contribution in [2.75, 3.05) is 16.8 Å². The van der Waals surface area contributed by atoms with Crippen LogP contribution in [0.2, 0.25) is 5.02 Å². The molecule has 5 heteroatoms. The highest BCUT2D eigenvalue weighted by Crippen LogP contribution is 2.34. The Morgan fingerprint density at radius 3 is 2.87 bits per heavy atom. The highest BCUT2D eigenvalue weighted by molar-refractivity contribution is 6.31. The number of nitrogens with zero attached hydrogens (tertiary/aromatic N) is 1. The molecule has 0 radical (unpaired) electrons. The Morgan fingerprint density at radius 2 is 2.13 bits per heavy atom. The largest absolute Gasteiger partial charge is 0.486 e. The third-order valence-corrected chi connectivity index (χ3v) is 4.37. The fourth-order valence-electron chi connectivity index (χ4n) is 2.56. The second-order valence-electron chi connectivity index (χ2n) is 5.62. The van der Waals surface area contributed by atoms with Crippen LogP contribution in [-0.4, -0.2) is 18.7 Å². The molecular formula is C18H19ClN2O2. The molecule has 1 N–H and O–H groups in total. The third kappa shape index (κ3) is 3.27. The molecule has 0 bridgehead atoms. The van der Waals surface area contributed by atoms with E-state index >= 15 is 0 Å². The van der Waals surface area contributed by atoms with Gasteiger partial charge in [-0.2, -0.15) is 0 Å². The number of fused-ring (bicyclic) bond motifs is 1. The second-order valence-corrected chi connectivity index (χ2v) is 6.03. The van der Waals surface area contributed by atoms with Crippen molar-refractivity contribution in [1.29, 1.82) is 0 Å². The smallest absolute Gasteiger partial charge is 0.326 e. The molecule has 0 aromatic heterocycles. The summed E-state index contributed by atoms with van der Waals surface area (Å²) >= 11 is 6.12. The Hall–Kier alpha value is -2.20. The molecule has 1 atom stereocenters. The van der Waals surface area contributed by atoms with Gasteiger partial charge in [0.2, 0.25) is 0 Å². The highest BCUT2D eigenvalue weighted by Gasteiger charge is 2.28. The number of aryl methyl sites for hydroxylation is 1. The van der Waals surface area contributed by atoms with Crippen molar-refractivity contribution in [3.8, 4) is 5.75 Å². The van der Waals surface area contributed by atoms with Crippen LogP contribution in [-0.2, 0) is 0 Å². The van der Waals surface area contributed by atoms with Gasteiger partial charge in [0.05, 0.1) is 12.2 Å². The lowest BCUT2D eigenvalue weighted by Crippen LogP contribution is -2.45. The SMILES string of the molecule is CC[C@@H]1CN(C(=O)Nc2ccc(C)c(Cl)c2)c2ccccc2O1. The monoisotopic (exact) mass is 330 g/mol. The molecule has 2 aromatic carbocycles. The Morgan fingerprint density at radius 1 is 1.35 bits per heavy atom. The maximum atomic E-state index is 12.7. The molecule has 1 aliphatic rings. The van der Waals surface area contributed by atoms with Crippen molar-refractivity contribution in [2.45, 2.75) is 26.4 Å². The average Bonchev–Trinajstić information content (AvgIpc) is 2.57. The summed E-state index contributed by atoms with van der Waals surface area (Å²) in [4.78, 5) is 14.4. The number of hydrogen-bond donors (Lipinski definition) is 1. The van der Waals surface area contributed by atoms with E-state index in [2.05, 4.69) is 12.2 Å². The minimum Gasteiger partial charge on any atom is -0.486 e. The molecule has 0 aliphatic carbocycles. The molecule has 2 amide bonds. The molecule has 0 saturated carbocycles. The number of carbonyl (C=O) groups is 1. The Labute approximate surface area is 141 Å². The molecule has 0 saturated heterocycles. The molecular weight excluding hydrogens is 312 g/mol. The zero-order valence-corrected chi connectivity index (χ0v) is 13.9. The minimum atomic E-state index is -0.181. The number of urea groups is 1. The van der Waals surface area contributed by atoms with Gasteiger partial charge in [-0.15, -0.1) is 0 Å². The van der Waals surface area contributed by atoms with Crippen LogP contribution in [0.5, 0.6) is 5.75 Å². The predicted molar refractivity (Wildman–Crippen MR) is 93.7 cm³/mol. The van der Waals surface area contributed by atoms with E-state index in [1.807, 2.05) is 43.3 Å². The van der Waals surface area contributed by atoms with Crippen molar-refractivity contribution >= 4 is 29.0 Å². The van der Waals surface area contributed by atoms with Crippen LogP contribution < -0.4 is 15.0 Å². The van der Waals surface area contributed by atoms with Gasteiger partial charge >= 0.3 is 6.03 Å². The van der Waals surface area contributed by atoms with Crippen LogP contribution in [0.3, 0.4) is 0 Å². The van der Waals surface area contributed by atoms with Gasteiger partial charge in [-0.05, 0) is 43.2 Å². The third-order valence-electron chi connectivity index (χ3n) is 3.96. The summed E-state index contributed by atoms with van der Waals surface area (Å²) in [6.07, 6.45) is 0.839. The Balaban J connectivity index is 1.84. The lowest BCUT2D eigenvalue weighted by molar-refractivity contribution is 0.188. The maximum Gasteiger partial charge on any atom is 0.326 e. The lowest BCUT2D eigenvalue weighted by Gasteiger charge is -2.34. The number of rotatable bonds is 2. The molecule has 2 aromatic rings. The summed E-state index contributed by atoms with van der Waals surface area (Å²) in [5.41, 5.74) is 2.45. The fraction of sp³-hybridized carbons (Fsp3) is 0.278. The summed E-state index contributed by atoms with van der Waals surface area (Å²) in [5, 5.41) is 3.55. The van der Waals surface area contributed by atoms with E-state index < -0.39 is 0 Å². The standard InChI is InChI=1S/C18H19ClN2O2/c1-3-14-11-21(16-6-4-5-7-17(16)23-14)18(22)20-13-9-8-12(2)15(19)10-13/h4-10,14H,3,11H2,1-2H3,(H,20,22)/t14-/m1/s1. The molecule has 3 rings (SSSR count). The molecule has 0 spiro atoms. The molecule has 120 valence electrons. The summed E-state index contributed by atoms with van der Waals surface area (Å²) in [7, 11) is 0. The summed E-state index contributed by atoms with van der Waals surface area (Å²) < 4.78 is 5.90. The highest BCUT2D eigenvalue weighted by atomic mass is 35.5. The molecule has 0 fully saturated rings. The number of para-hydroxylation sites is 2. The molecule has 0 unspecified atom stereocenters. The van der Waals surface area contributed by atoms with Crippen molar-refractivity contribution in [3.63, 3.8) is 0 Å². The first-order chi connectivity index (χ1) is 11.1. The van der Waals surface area contributed by atoms with Gasteiger partial charge in [-0.25, -0.2) is 4.79 Å². The number of anilines is 2. The van der Waals surface area contributed by atoms with E-state index in [0.29, 0.717) is 17.3 Å². The van der Waals surface area contributed by atoms with Crippen LogP contribution in [0, 0.1) is 6.92 Å². The van der Waals surface area contributed by atoms with Crippen LogP contribution in [0.1, 0.15) is 18.9 Å². The van der Waals surface area contributed by atoms with Gasteiger partial charge < -0.3 is 10.1 Å². The molecule has 1 heterocycles. The van der Waals surface area contributed by atoms with Gasteiger partial charge in [-0.1, -0.05) is 36.7 Å². The van der Waals surface area contributed by atoms with Crippen molar-refractivity contribution in [2.24, 2.45) is 0 Å². The Kier molecular flexibility index (Phi) is 4.44. The molecule has 1 aliphatic heterocycles. The first-order valence-electron chi connectivity index (χ1n) is 7.69. The number of amides is 2. The first-order valence-corrected chi connectivity index (χ1v) is 8.06. The molecule has 23 heavy (non-hydrogen) atoms. The number of benzene rings is 2. The van der Waals surface area contributed by atoms with E-state index in [1.54, 1.807) is 11.0 Å². The number of carbonyl (C=O) groups excluding carboxylic acids is 1. The van der Waals surface area contributed by atoms with Crippen LogP contribution >= 0.6 is 11.6 Å². The Bertz CT molecular complexity index is 733. The number of halogens is 1. The summed E-state index contributed by atoms with van der Waals surface area (Å²) in [6, 6.07) is 12.9. The fourth-order valence-corrected chi connectivity index (χ4v) is 2.75. The maximum absolute atomic E-state index is 12.7. The van der Waals surface area contributed by atoms with Crippen molar-refractivity contribution in [3.05, 3.63) is 53.1 Å². The lowest BCUT2D eigenvalue weighted by atomic mass is 10.1. The van der Waals surface area contributed by atoms with Gasteiger partial charge in [0.1, 0.15) is 11.9 Å². The predicted octanol–water partition coefficient (Wildman–Crippen LogP) is 4.86. The van der Waals surface area contributed by atoms with Crippen molar-refractivity contribution < 1.29 is 9.53 Å². The van der Waals surface area contributed by atoms with E-state index in [9.17, 15) is 4.79 Å². The van der Waals surface area contributed by atoms with Gasteiger partial charge in [0, 0.05) is 10.7 Å². The van der Waals surface area contributed by atoms with Crippen LogP contribution in [0.4, 0.5) is 16.2 Å². The van der Waals surface area contributed by atoms with E-state index in [0.717, 1.165) is 23.4 Å². The number of hydrogen-bond acceptors (Lipinski definition) is 2. The van der Waals surface area contributed by atoms with Gasteiger partial charge in [0.15, 0.2) is 0 Å². The summed E-state index contributed by atoms with van der Waals surface area (Å²) in [6.45, 7) is 4.51. The minimum absolute atomic E-state index is 0.00254. The van der Waals surface area contributed by atoms with Crippen molar-refractivity contribution in [1.82, 2.24) is 0 Å². The van der Waals surface area contributed by atoms with E-state index in [-0.39, 0.29) is 12.1 Å². The zero-order valence-electron chi connectivity index (χ0n) is 13.2. The zero-order chi connectivity index (χ0) is 16.4. The van der Waals surface area contributed by atoms with Crippen LogP contribution in [0.25, 0.3) is 0 Å². The van der Waals surface area contributed by atoms with Gasteiger partial charge in [-0.3, -0.25) is 4.90 Å². The molecule has 4 nitrogen and oxygen atoms in total. The van der Waals surface area contributed by atoms with E-state index in [4.69, 9.17) is 16.3 Å².